The van der Waals surface area contributed by atoms with Crippen LogP contribution in [0.4, 0.5) is 0 Å². The zero-order chi connectivity index (χ0) is 8.20. The second-order valence-electron chi connectivity index (χ2n) is 1.87. The van der Waals surface area contributed by atoms with E-state index in [-0.39, 0.29) is 18.3 Å². The third-order valence-corrected chi connectivity index (χ3v) is 1.77. The van der Waals surface area contributed by atoms with Crippen LogP contribution in [0.3, 0.4) is 0 Å². The highest BCUT2D eigenvalue weighted by Crippen LogP contribution is 1.99. The maximum atomic E-state index is 8.42. The van der Waals surface area contributed by atoms with E-state index in [1.54, 1.807) is 0 Å². The molecule has 0 amide bonds. The largest absolute Gasteiger partial charge is 0.493 e. The molecule has 60 valence electrons. The normalized spacial score (nSPS) is 13.7. The summed E-state index contributed by atoms with van der Waals surface area (Å²) in [7, 11) is -4.01. The Morgan fingerprint density at radius 3 is 2.20 bits per heavy atom. The lowest BCUT2D eigenvalue weighted by molar-refractivity contribution is 0.228. The Labute approximate surface area is 58.6 Å². The number of amidine groups is 1. The van der Waals surface area contributed by atoms with Gasteiger partial charge in [-0.15, -0.1) is 0 Å². The van der Waals surface area contributed by atoms with Crippen LogP contribution in [-0.4, -0.2) is 34.2 Å². The summed E-state index contributed by atoms with van der Waals surface area (Å²) in [5.74, 6) is -0.131. The summed E-state index contributed by atoms with van der Waals surface area (Å²) in [4.78, 5) is 25.3. The third kappa shape index (κ3) is 5.50. The number of rotatable bonds is 3. The van der Waals surface area contributed by atoms with E-state index in [4.69, 9.17) is 25.3 Å². The molecular formula is C3H10N2O4Si. The number of nitrogens with two attached hydrogens (primary N) is 1. The quantitative estimate of drug-likeness (QED) is 0.110. The number of hydrogen-bond acceptors (Lipinski definition) is 5. The Hall–Kier alpha value is -0.633. The Kier molecular flexibility index (Phi) is 3.29. The number of nitrogens with zero attached hydrogens (tertiary/aromatic N) is 1. The van der Waals surface area contributed by atoms with E-state index in [2.05, 4.69) is 5.16 Å². The fraction of sp³-hybridized carbons (Fsp3) is 0.667. The molecule has 0 aromatic carbocycles. The van der Waals surface area contributed by atoms with Crippen LogP contribution >= 0.6 is 0 Å². The molecule has 0 spiro atoms. The Morgan fingerprint density at radius 1 is 1.40 bits per heavy atom. The summed E-state index contributed by atoms with van der Waals surface area (Å²) in [6.07, 6.45) is -0.0216. The highest BCUT2D eigenvalue weighted by Gasteiger charge is 2.26. The first-order valence-corrected chi connectivity index (χ1v) is 4.64. The molecule has 7 heteroatoms. The highest BCUT2D eigenvalue weighted by atomic mass is 28.4. The van der Waals surface area contributed by atoms with Crippen LogP contribution in [0.15, 0.2) is 5.16 Å². The van der Waals surface area contributed by atoms with Crippen LogP contribution in [0.2, 0.25) is 6.04 Å². The van der Waals surface area contributed by atoms with Gasteiger partial charge in [-0.1, -0.05) is 5.16 Å². The Balaban J connectivity index is 3.56. The maximum Gasteiger partial charge on any atom is 0.493 e. The summed E-state index contributed by atoms with van der Waals surface area (Å²) in [6, 6.07) is -0.247. The lowest BCUT2D eigenvalue weighted by Crippen LogP contribution is -2.35. The summed E-state index contributed by atoms with van der Waals surface area (Å²) < 4.78 is 0. The monoisotopic (exact) mass is 166 g/mol. The predicted octanol–water partition coefficient (Wildman–Crippen LogP) is -1.96. The van der Waals surface area contributed by atoms with E-state index >= 15 is 0 Å². The fourth-order valence-electron chi connectivity index (χ4n) is 0.346. The van der Waals surface area contributed by atoms with Crippen LogP contribution in [0, 0.1) is 0 Å². The van der Waals surface area contributed by atoms with Gasteiger partial charge in [-0.25, -0.2) is 0 Å². The molecule has 0 aromatic rings. The lowest BCUT2D eigenvalue weighted by Gasteiger charge is -2.06. The van der Waals surface area contributed by atoms with Crippen LogP contribution in [-0.2, 0) is 0 Å². The van der Waals surface area contributed by atoms with Crippen molar-refractivity contribution in [1.29, 1.82) is 0 Å². The molecule has 0 radical (unpaired) electrons. The second-order valence-corrected chi connectivity index (χ2v) is 3.91. The van der Waals surface area contributed by atoms with E-state index < -0.39 is 8.80 Å². The van der Waals surface area contributed by atoms with Crippen LogP contribution in [0.25, 0.3) is 0 Å². The van der Waals surface area contributed by atoms with Gasteiger partial charge in [-0.05, 0) is 0 Å². The van der Waals surface area contributed by atoms with Gasteiger partial charge >= 0.3 is 8.80 Å². The second kappa shape index (κ2) is 3.51. The van der Waals surface area contributed by atoms with Crippen molar-refractivity contribution in [3.05, 3.63) is 0 Å². The standard InChI is InChI=1S/C3H10N2O4Si/c4-3(5-6)1-2-10(7,8)9/h6-9H,1-2H2,(H2,4,5). The molecule has 6 N–H and O–H groups in total. The third-order valence-electron chi connectivity index (χ3n) is 0.845. The SMILES string of the molecule is N/C(CC[Si](O)(O)O)=N\O. The molecule has 0 fully saturated rings. The topological polar surface area (TPSA) is 119 Å². The minimum absolute atomic E-state index is 0.0216. The molecule has 10 heavy (non-hydrogen) atoms. The minimum Gasteiger partial charge on any atom is -0.409 e. The first kappa shape index (κ1) is 9.37. The van der Waals surface area contributed by atoms with Crippen LogP contribution in [0.1, 0.15) is 6.42 Å². The zero-order valence-electron chi connectivity index (χ0n) is 5.23. The van der Waals surface area contributed by atoms with E-state index in [0.29, 0.717) is 0 Å². The van der Waals surface area contributed by atoms with Crippen molar-refractivity contribution >= 4 is 14.6 Å². The Bertz CT molecular complexity index is 131. The molecule has 0 heterocycles. The van der Waals surface area contributed by atoms with Crippen LogP contribution in [0.5, 0.6) is 0 Å². The van der Waals surface area contributed by atoms with Crippen molar-refractivity contribution in [2.24, 2.45) is 10.9 Å². The molecule has 0 atom stereocenters. The van der Waals surface area contributed by atoms with Crippen molar-refractivity contribution in [3.63, 3.8) is 0 Å². The van der Waals surface area contributed by atoms with E-state index in [0.717, 1.165) is 0 Å². The first-order valence-electron chi connectivity index (χ1n) is 2.59. The minimum atomic E-state index is -4.01. The van der Waals surface area contributed by atoms with Gasteiger partial charge in [0, 0.05) is 12.5 Å². The zero-order valence-corrected chi connectivity index (χ0v) is 6.23. The average Bonchev–Trinajstić information content (AvgIpc) is 1.81. The fourth-order valence-corrected chi connectivity index (χ4v) is 0.937. The summed E-state index contributed by atoms with van der Waals surface area (Å²) >= 11 is 0. The van der Waals surface area contributed by atoms with Gasteiger partial charge in [0.1, 0.15) is 5.84 Å². The van der Waals surface area contributed by atoms with E-state index in [1.807, 2.05) is 0 Å². The van der Waals surface area contributed by atoms with Gasteiger partial charge in [0.25, 0.3) is 0 Å². The van der Waals surface area contributed by atoms with Gasteiger partial charge in [-0.3, -0.25) is 0 Å². The van der Waals surface area contributed by atoms with Crippen LogP contribution < -0.4 is 5.73 Å². The summed E-state index contributed by atoms with van der Waals surface area (Å²) in [5, 5.41) is 10.5. The van der Waals surface area contributed by atoms with Gasteiger partial charge in [0.15, 0.2) is 0 Å². The lowest BCUT2D eigenvalue weighted by atomic mass is 10.5. The molecule has 0 aliphatic carbocycles. The highest BCUT2D eigenvalue weighted by molar-refractivity contribution is 6.56. The number of oxime groups is 1. The molecular weight excluding hydrogens is 156 g/mol. The van der Waals surface area contributed by atoms with E-state index in [1.165, 1.54) is 0 Å². The van der Waals surface area contributed by atoms with Crippen molar-refractivity contribution in [2.75, 3.05) is 0 Å². The van der Waals surface area contributed by atoms with Crippen molar-refractivity contribution in [1.82, 2.24) is 0 Å². The molecule has 0 saturated carbocycles. The van der Waals surface area contributed by atoms with Crippen molar-refractivity contribution in [2.45, 2.75) is 12.5 Å². The molecule has 0 unspecified atom stereocenters. The molecule has 0 aromatic heterocycles. The van der Waals surface area contributed by atoms with Gasteiger partial charge < -0.3 is 25.3 Å². The molecule has 0 rings (SSSR count). The maximum absolute atomic E-state index is 8.42. The van der Waals surface area contributed by atoms with Gasteiger partial charge in [-0.2, -0.15) is 0 Å². The molecule has 6 nitrogen and oxygen atoms in total. The summed E-state index contributed by atoms with van der Waals surface area (Å²) in [6.45, 7) is 0. The first-order chi connectivity index (χ1) is 4.45. The van der Waals surface area contributed by atoms with Gasteiger partial charge in [0.2, 0.25) is 0 Å². The molecule has 0 bridgehead atoms. The molecule has 0 saturated heterocycles. The predicted molar refractivity (Wildman–Crippen MR) is 35.2 cm³/mol. The summed E-state index contributed by atoms with van der Waals surface area (Å²) in [5.41, 5.74) is 4.97. The van der Waals surface area contributed by atoms with Gasteiger partial charge in [0.05, 0.1) is 0 Å². The number of hydrogen-bond donors (Lipinski definition) is 5. The average molecular weight is 166 g/mol. The van der Waals surface area contributed by atoms with Crippen molar-refractivity contribution < 1.29 is 19.6 Å². The van der Waals surface area contributed by atoms with Crippen molar-refractivity contribution in [3.8, 4) is 0 Å². The molecule has 0 aliphatic rings. The Morgan fingerprint density at radius 2 is 1.90 bits per heavy atom. The smallest absolute Gasteiger partial charge is 0.409 e. The van der Waals surface area contributed by atoms with E-state index in [9.17, 15) is 0 Å². The molecule has 0 aliphatic heterocycles.